The number of phosphoric acid groups is 1. The van der Waals surface area contributed by atoms with Crippen LogP contribution in [-0.4, -0.2) is 70.0 Å². The highest BCUT2D eigenvalue weighted by molar-refractivity contribution is 7.45. The van der Waals surface area contributed by atoms with E-state index in [2.05, 4.69) is 111 Å². The molecule has 516 valence electrons. The third-order valence-electron chi connectivity index (χ3n) is 16.4. The number of allylic oxidation sites excluding steroid dienone is 16. The van der Waals surface area contributed by atoms with Crippen molar-refractivity contribution >= 4 is 19.8 Å². The average molecular weight is 1260 g/mol. The van der Waals surface area contributed by atoms with Gasteiger partial charge in [-0.25, -0.2) is 0 Å². The maximum absolute atomic E-state index is 12.9. The zero-order valence-corrected chi connectivity index (χ0v) is 59.8. The fourth-order valence-electron chi connectivity index (χ4n) is 10.7. The Morgan fingerprint density at radius 3 is 0.955 bits per heavy atom. The molecule has 0 heterocycles. The zero-order valence-electron chi connectivity index (χ0n) is 58.9. The second kappa shape index (κ2) is 69.3. The van der Waals surface area contributed by atoms with E-state index in [0.29, 0.717) is 17.4 Å². The van der Waals surface area contributed by atoms with Crippen molar-refractivity contribution in [2.24, 2.45) is 0 Å². The highest BCUT2D eigenvalue weighted by atomic mass is 31.2. The smallest absolute Gasteiger partial charge is 0.306 e. The molecule has 0 radical (unpaired) electrons. The molecule has 0 fully saturated rings. The number of hydrogen-bond donors (Lipinski definition) is 0. The highest BCUT2D eigenvalue weighted by Gasteiger charge is 2.22. The Labute approximate surface area is 551 Å². The van der Waals surface area contributed by atoms with Gasteiger partial charge in [0.2, 0.25) is 0 Å². The van der Waals surface area contributed by atoms with Gasteiger partial charge < -0.3 is 27.9 Å². The van der Waals surface area contributed by atoms with E-state index in [-0.39, 0.29) is 32.0 Å². The summed E-state index contributed by atoms with van der Waals surface area (Å²) in [6.45, 7) is 4.17. The highest BCUT2D eigenvalue weighted by Crippen LogP contribution is 2.38. The summed E-state index contributed by atoms with van der Waals surface area (Å²) in [5, 5.41) is 0. The molecule has 0 amide bonds. The lowest BCUT2D eigenvalue weighted by Crippen LogP contribution is -2.37. The van der Waals surface area contributed by atoms with Crippen LogP contribution >= 0.6 is 7.82 Å². The molecule has 0 bridgehead atoms. The summed E-state index contributed by atoms with van der Waals surface area (Å²) in [5.41, 5.74) is 0. The minimum Gasteiger partial charge on any atom is -0.756 e. The molecule has 0 N–H and O–H groups in total. The van der Waals surface area contributed by atoms with Crippen LogP contribution in [0.5, 0.6) is 0 Å². The maximum atomic E-state index is 12.9. The number of ether oxygens (including phenoxy) is 2. The van der Waals surface area contributed by atoms with Gasteiger partial charge in [0.25, 0.3) is 7.82 Å². The SMILES string of the molecule is CC/C=C\C/C=C\C/C=C\C/C=C\C/C=C\C/C=C\C/C=C\C/C=C\CCCCCCCCCCCCCCC(=O)OC(COC(=O)CCCCCCCCCCCCCCCCCCCCCCCCCCCCCC)COP(=O)([O-])OCC[N+](C)(C)C. The molecule has 0 spiro atoms. The lowest BCUT2D eigenvalue weighted by Gasteiger charge is -2.28. The van der Waals surface area contributed by atoms with E-state index in [0.717, 1.165) is 89.9 Å². The minimum absolute atomic E-state index is 0.0325. The number of rotatable bonds is 69. The third kappa shape index (κ3) is 73.9. The van der Waals surface area contributed by atoms with E-state index < -0.39 is 26.5 Å². The molecule has 0 aliphatic heterocycles. The van der Waals surface area contributed by atoms with E-state index in [4.69, 9.17) is 18.5 Å². The second-order valence-electron chi connectivity index (χ2n) is 26.3. The molecule has 0 rings (SSSR count). The number of esters is 2. The number of carbonyl (C=O) groups excluding carboxylic acids is 2. The van der Waals surface area contributed by atoms with Gasteiger partial charge in [0, 0.05) is 12.8 Å². The summed E-state index contributed by atoms with van der Waals surface area (Å²) >= 11 is 0. The van der Waals surface area contributed by atoms with Crippen LogP contribution in [0.15, 0.2) is 97.2 Å². The molecular weight excluding hydrogens is 1120 g/mol. The summed E-state index contributed by atoms with van der Waals surface area (Å²) in [6.07, 6.45) is 96.5. The summed E-state index contributed by atoms with van der Waals surface area (Å²) in [6, 6.07) is 0. The fraction of sp³-hybridized carbons (Fsp3) is 0.772. The van der Waals surface area contributed by atoms with Crippen molar-refractivity contribution in [3.05, 3.63) is 97.2 Å². The van der Waals surface area contributed by atoms with Crippen molar-refractivity contribution in [1.82, 2.24) is 0 Å². The number of hydrogen-bond acceptors (Lipinski definition) is 8. The summed E-state index contributed by atoms with van der Waals surface area (Å²) in [5.74, 6) is -0.823. The number of likely N-dealkylation sites (N-methyl/N-ethyl adjacent to an activating group) is 1. The normalized spacial score (nSPS) is 13.6. The van der Waals surface area contributed by atoms with Gasteiger partial charge in [-0.3, -0.25) is 14.2 Å². The lowest BCUT2D eigenvalue weighted by atomic mass is 10.0. The Morgan fingerprint density at radius 2 is 0.640 bits per heavy atom. The summed E-state index contributed by atoms with van der Waals surface area (Å²) < 4.78 is 34.4. The predicted octanol–water partition coefficient (Wildman–Crippen LogP) is 24.0. The second-order valence-corrected chi connectivity index (χ2v) is 27.7. The molecule has 89 heavy (non-hydrogen) atoms. The van der Waals surface area contributed by atoms with Crippen molar-refractivity contribution in [1.29, 1.82) is 0 Å². The number of phosphoric ester groups is 1. The minimum atomic E-state index is -4.65. The van der Waals surface area contributed by atoms with Gasteiger partial charge in [0.1, 0.15) is 19.8 Å². The van der Waals surface area contributed by atoms with Crippen LogP contribution in [0.25, 0.3) is 0 Å². The Balaban J connectivity index is 4.02. The first-order chi connectivity index (χ1) is 43.5. The van der Waals surface area contributed by atoms with E-state index in [1.807, 2.05) is 21.1 Å². The quantitative estimate of drug-likeness (QED) is 0.0195. The number of quaternary nitrogens is 1. The van der Waals surface area contributed by atoms with Gasteiger partial charge in [0.15, 0.2) is 6.10 Å². The van der Waals surface area contributed by atoms with E-state index in [1.54, 1.807) is 0 Å². The molecule has 0 aliphatic carbocycles. The first-order valence-corrected chi connectivity index (χ1v) is 38.9. The molecule has 2 atom stereocenters. The number of carbonyl (C=O) groups is 2. The molecular formula is C79H142NO8P. The third-order valence-corrected chi connectivity index (χ3v) is 17.3. The Morgan fingerprint density at radius 1 is 0.360 bits per heavy atom. The fourth-order valence-corrected chi connectivity index (χ4v) is 11.4. The topological polar surface area (TPSA) is 111 Å². The molecule has 0 saturated heterocycles. The van der Waals surface area contributed by atoms with Gasteiger partial charge in [0.05, 0.1) is 27.7 Å². The summed E-state index contributed by atoms with van der Waals surface area (Å²) in [7, 11) is 1.17. The number of nitrogens with zero attached hydrogens (tertiary/aromatic N) is 1. The van der Waals surface area contributed by atoms with Gasteiger partial charge in [-0.15, -0.1) is 0 Å². The first-order valence-electron chi connectivity index (χ1n) is 37.4. The van der Waals surface area contributed by atoms with E-state index in [1.165, 1.54) is 218 Å². The molecule has 0 saturated carbocycles. The van der Waals surface area contributed by atoms with Crippen LogP contribution in [0.1, 0.15) is 341 Å². The molecule has 0 aromatic carbocycles. The monoisotopic (exact) mass is 1260 g/mol. The summed E-state index contributed by atoms with van der Waals surface area (Å²) in [4.78, 5) is 38.1. The van der Waals surface area contributed by atoms with Crippen molar-refractivity contribution in [3.8, 4) is 0 Å². The molecule has 2 unspecified atom stereocenters. The Kier molecular flexibility index (Phi) is 66.9. The van der Waals surface area contributed by atoms with Crippen LogP contribution < -0.4 is 4.89 Å². The lowest BCUT2D eigenvalue weighted by molar-refractivity contribution is -0.870. The van der Waals surface area contributed by atoms with Crippen LogP contribution in [0.2, 0.25) is 0 Å². The van der Waals surface area contributed by atoms with Crippen molar-refractivity contribution in [3.63, 3.8) is 0 Å². The average Bonchev–Trinajstić information content (AvgIpc) is 3.60. The first kappa shape index (κ1) is 85.9. The maximum Gasteiger partial charge on any atom is 0.306 e. The van der Waals surface area contributed by atoms with Gasteiger partial charge in [-0.1, -0.05) is 349 Å². The largest absolute Gasteiger partial charge is 0.756 e. The number of unbranched alkanes of at least 4 members (excludes halogenated alkanes) is 39. The Hall–Kier alpha value is -3.07. The van der Waals surface area contributed by atoms with Crippen molar-refractivity contribution < 1.29 is 42.1 Å². The zero-order chi connectivity index (χ0) is 64.8. The van der Waals surface area contributed by atoms with Gasteiger partial charge in [-0.2, -0.15) is 0 Å². The molecule has 0 aromatic heterocycles. The van der Waals surface area contributed by atoms with Crippen LogP contribution in [-0.2, 0) is 32.7 Å². The van der Waals surface area contributed by atoms with E-state index in [9.17, 15) is 19.0 Å². The standard InChI is InChI=1S/C79H142NO8P/c1-6-8-10-12-14-16-18-20-22-24-26-28-30-32-34-36-37-38-39-40-41-42-43-44-46-48-50-52-54-56-58-60-62-64-66-68-70-72-79(82)88-77(76-87-89(83,84)86-74-73-80(3,4)5)75-85-78(81)71-69-67-65-63-61-59-57-55-53-51-49-47-45-35-33-31-29-27-25-23-21-19-17-15-13-11-9-7-2/h8,10,14,16,20,22,26,28,32,34,37-38,40-41,43-44,77H,6-7,9,11-13,15,17-19,21,23-25,27,29-31,33,35-36,39,42,45-76H2,1-5H3/b10-8-,16-14-,22-20-,28-26-,34-32-,38-37-,41-40-,44-43-. The van der Waals surface area contributed by atoms with Crippen molar-refractivity contribution in [2.75, 3.05) is 47.5 Å². The van der Waals surface area contributed by atoms with Crippen molar-refractivity contribution in [2.45, 2.75) is 347 Å². The molecule has 0 aromatic rings. The predicted molar refractivity (Wildman–Crippen MR) is 383 cm³/mol. The van der Waals surface area contributed by atoms with Gasteiger partial charge >= 0.3 is 11.9 Å². The van der Waals surface area contributed by atoms with Crippen LogP contribution in [0, 0.1) is 0 Å². The van der Waals surface area contributed by atoms with Crippen LogP contribution in [0.3, 0.4) is 0 Å². The molecule has 10 heteroatoms. The molecule has 9 nitrogen and oxygen atoms in total. The van der Waals surface area contributed by atoms with Crippen LogP contribution in [0.4, 0.5) is 0 Å². The van der Waals surface area contributed by atoms with E-state index >= 15 is 0 Å². The Bertz CT molecular complexity index is 1820. The molecule has 0 aliphatic rings. The van der Waals surface area contributed by atoms with Gasteiger partial charge in [-0.05, 0) is 77.0 Å².